The quantitative estimate of drug-likeness (QED) is 0.663. The maximum atomic E-state index is 14.0. The fourth-order valence-corrected chi connectivity index (χ4v) is 3.41. The number of nitrogens with one attached hydrogen (secondary N) is 1. The van der Waals surface area contributed by atoms with Gasteiger partial charge in [-0.05, 0) is 36.4 Å². The van der Waals surface area contributed by atoms with Crippen LogP contribution < -0.4 is 16.0 Å². The Bertz CT molecular complexity index is 975. The number of nitrogens with two attached hydrogens (primary N) is 1. The molecule has 1 aromatic heterocycles. The Morgan fingerprint density at radius 2 is 1.69 bits per heavy atom. The predicted molar refractivity (Wildman–Crippen MR) is 113 cm³/mol. The van der Waals surface area contributed by atoms with Crippen LogP contribution in [0.3, 0.4) is 0 Å². The molecule has 2 heterocycles. The highest BCUT2D eigenvalue weighted by molar-refractivity contribution is 6.30. The van der Waals surface area contributed by atoms with Gasteiger partial charge in [-0.3, -0.25) is 4.90 Å². The topological polar surface area (TPSA) is 83.2 Å². The van der Waals surface area contributed by atoms with Crippen LogP contribution in [0.25, 0.3) is 0 Å². The van der Waals surface area contributed by atoms with Gasteiger partial charge in [-0.2, -0.15) is 15.0 Å². The lowest BCUT2D eigenvalue weighted by atomic mass is 10.2. The first-order chi connectivity index (χ1) is 14.1. The fourth-order valence-electron chi connectivity index (χ4n) is 3.28. The zero-order valence-electron chi connectivity index (χ0n) is 15.7. The summed E-state index contributed by atoms with van der Waals surface area (Å²) in [7, 11) is 0. The van der Waals surface area contributed by atoms with Crippen LogP contribution in [0.15, 0.2) is 48.5 Å². The molecule has 1 saturated heterocycles. The van der Waals surface area contributed by atoms with Crippen molar-refractivity contribution in [2.24, 2.45) is 0 Å². The predicted octanol–water partition coefficient (Wildman–Crippen LogP) is 3.31. The number of halogens is 2. The van der Waals surface area contributed by atoms with Crippen molar-refractivity contribution in [3.05, 3.63) is 65.2 Å². The third kappa shape index (κ3) is 4.90. The Morgan fingerprint density at radius 3 is 2.41 bits per heavy atom. The van der Waals surface area contributed by atoms with Gasteiger partial charge in [0.15, 0.2) is 0 Å². The van der Waals surface area contributed by atoms with E-state index in [1.165, 1.54) is 6.07 Å². The molecule has 29 heavy (non-hydrogen) atoms. The normalized spacial score (nSPS) is 14.8. The summed E-state index contributed by atoms with van der Waals surface area (Å²) in [6.07, 6.45) is 0. The number of para-hydroxylation sites is 1. The maximum absolute atomic E-state index is 14.0. The molecule has 0 radical (unpaired) electrons. The minimum Gasteiger partial charge on any atom is -0.368 e. The molecule has 0 unspecified atom stereocenters. The molecule has 9 heteroatoms. The summed E-state index contributed by atoms with van der Waals surface area (Å²) in [5.41, 5.74) is 7.32. The fraction of sp³-hybridized carbons (Fsp3) is 0.250. The van der Waals surface area contributed by atoms with E-state index >= 15 is 0 Å². The molecular formula is C20H21ClFN7. The zero-order valence-corrected chi connectivity index (χ0v) is 16.5. The van der Waals surface area contributed by atoms with Crippen molar-refractivity contribution in [3.63, 3.8) is 0 Å². The standard InChI is InChI=1S/C20H21ClFN7/c21-14-5-7-15(8-6-14)24-20-26-18(25-19(23)27-20)13-28-9-11-29(12-10-28)17-4-2-1-3-16(17)22/h1-8H,9-13H2,(H3,23,24,25,26,27). The molecule has 0 bridgehead atoms. The van der Waals surface area contributed by atoms with E-state index in [1.54, 1.807) is 18.2 Å². The summed E-state index contributed by atoms with van der Waals surface area (Å²) in [6, 6.07) is 14.1. The van der Waals surface area contributed by atoms with Crippen molar-refractivity contribution < 1.29 is 4.39 Å². The van der Waals surface area contributed by atoms with Crippen LogP contribution in [-0.4, -0.2) is 46.0 Å². The van der Waals surface area contributed by atoms with Crippen LogP contribution in [0, 0.1) is 5.82 Å². The van der Waals surface area contributed by atoms with E-state index in [2.05, 4.69) is 30.1 Å². The first-order valence-corrected chi connectivity index (χ1v) is 9.69. The average molecular weight is 414 g/mol. The van der Waals surface area contributed by atoms with E-state index in [9.17, 15) is 4.39 Å². The second kappa shape index (κ2) is 8.59. The number of hydrogen-bond donors (Lipinski definition) is 2. The van der Waals surface area contributed by atoms with E-state index in [0.717, 1.165) is 31.9 Å². The molecule has 1 aliphatic rings. The summed E-state index contributed by atoms with van der Waals surface area (Å²) in [6.45, 7) is 3.57. The SMILES string of the molecule is Nc1nc(CN2CCN(c3ccccc3F)CC2)nc(Nc2ccc(Cl)cc2)n1. The Hall–Kier alpha value is -2.97. The maximum Gasteiger partial charge on any atom is 0.232 e. The number of anilines is 4. The third-order valence-electron chi connectivity index (χ3n) is 4.73. The van der Waals surface area contributed by atoms with E-state index in [0.29, 0.717) is 29.0 Å². The number of hydrogen-bond acceptors (Lipinski definition) is 7. The van der Waals surface area contributed by atoms with Crippen LogP contribution in [-0.2, 0) is 6.54 Å². The molecule has 0 aliphatic carbocycles. The summed E-state index contributed by atoms with van der Waals surface area (Å²) in [4.78, 5) is 17.2. The van der Waals surface area contributed by atoms with Crippen LogP contribution in [0.1, 0.15) is 5.82 Å². The summed E-state index contributed by atoms with van der Waals surface area (Å²) in [5.74, 6) is 0.952. The third-order valence-corrected chi connectivity index (χ3v) is 4.98. The molecule has 0 amide bonds. The molecule has 150 valence electrons. The number of nitrogens with zero attached hydrogens (tertiary/aromatic N) is 5. The lowest BCUT2D eigenvalue weighted by Crippen LogP contribution is -2.46. The van der Waals surface area contributed by atoms with Crippen molar-refractivity contribution >= 4 is 34.9 Å². The summed E-state index contributed by atoms with van der Waals surface area (Å²) in [5, 5.41) is 3.77. The molecule has 1 fully saturated rings. The average Bonchev–Trinajstić information content (AvgIpc) is 2.70. The van der Waals surface area contributed by atoms with Gasteiger partial charge < -0.3 is 16.0 Å². The minimum absolute atomic E-state index is 0.163. The van der Waals surface area contributed by atoms with Gasteiger partial charge in [0, 0.05) is 36.9 Å². The van der Waals surface area contributed by atoms with E-state index in [-0.39, 0.29) is 11.8 Å². The van der Waals surface area contributed by atoms with Crippen molar-refractivity contribution in [3.8, 4) is 0 Å². The van der Waals surface area contributed by atoms with Crippen LogP contribution in [0.4, 0.5) is 27.7 Å². The highest BCUT2D eigenvalue weighted by atomic mass is 35.5. The summed E-state index contributed by atoms with van der Waals surface area (Å²) >= 11 is 5.91. The molecule has 7 nitrogen and oxygen atoms in total. The second-order valence-electron chi connectivity index (χ2n) is 6.78. The summed E-state index contributed by atoms with van der Waals surface area (Å²) < 4.78 is 14.0. The number of piperazine rings is 1. The molecule has 0 saturated carbocycles. The first-order valence-electron chi connectivity index (χ1n) is 9.32. The highest BCUT2D eigenvalue weighted by Crippen LogP contribution is 2.21. The van der Waals surface area contributed by atoms with E-state index in [4.69, 9.17) is 17.3 Å². The molecule has 3 N–H and O–H groups in total. The van der Waals surface area contributed by atoms with Gasteiger partial charge in [0.25, 0.3) is 0 Å². The molecule has 0 spiro atoms. The number of rotatable bonds is 5. The van der Waals surface area contributed by atoms with Gasteiger partial charge in [-0.15, -0.1) is 0 Å². The van der Waals surface area contributed by atoms with Gasteiger partial charge in [-0.25, -0.2) is 4.39 Å². The Kier molecular flexibility index (Phi) is 5.73. The lowest BCUT2D eigenvalue weighted by Gasteiger charge is -2.35. The van der Waals surface area contributed by atoms with Gasteiger partial charge in [0.05, 0.1) is 12.2 Å². The molecule has 0 atom stereocenters. The van der Waals surface area contributed by atoms with Crippen molar-refractivity contribution in [1.29, 1.82) is 0 Å². The van der Waals surface area contributed by atoms with Crippen molar-refractivity contribution in [2.75, 3.05) is 42.1 Å². The largest absolute Gasteiger partial charge is 0.368 e. The Morgan fingerprint density at radius 1 is 0.966 bits per heavy atom. The second-order valence-corrected chi connectivity index (χ2v) is 7.22. The number of aromatic nitrogens is 3. The van der Waals surface area contributed by atoms with Gasteiger partial charge in [0.2, 0.25) is 11.9 Å². The lowest BCUT2D eigenvalue weighted by molar-refractivity contribution is 0.243. The zero-order chi connectivity index (χ0) is 20.2. The minimum atomic E-state index is -0.191. The molecule has 1 aliphatic heterocycles. The van der Waals surface area contributed by atoms with Crippen LogP contribution >= 0.6 is 11.6 Å². The molecule has 3 aromatic rings. The van der Waals surface area contributed by atoms with Crippen LogP contribution in [0.2, 0.25) is 5.02 Å². The van der Waals surface area contributed by atoms with Gasteiger partial charge in [0.1, 0.15) is 11.6 Å². The monoisotopic (exact) mass is 413 g/mol. The van der Waals surface area contributed by atoms with Gasteiger partial charge >= 0.3 is 0 Å². The Labute approximate surface area is 173 Å². The van der Waals surface area contributed by atoms with Crippen LogP contribution in [0.5, 0.6) is 0 Å². The van der Waals surface area contributed by atoms with E-state index in [1.807, 2.05) is 24.3 Å². The number of benzene rings is 2. The molecule has 4 rings (SSSR count). The Balaban J connectivity index is 1.39. The van der Waals surface area contributed by atoms with Gasteiger partial charge in [-0.1, -0.05) is 23.7 Å². The van der Waals surface area contributed by atoms with E-state index < -0.39 is 0 Å². The molecular weight excluding hydrogens is 393 g/mol. The van der Waals surface area contributed by atoms with Crippen molar-refractivity contribution in [1.82, 2.24) is 19.9 Å². The smallest absolute Gasteiger partial charge is 0.232 e. The first kappa shape index (κ1) is 19.4. The number of nitrogen functional groups attached to an aromatic ring is 1. The highest BCUT2D eigenvalue weighted by Gasteiger charge is 2.20. The van der Waals surface area contributed by atoms with Crippen molar-refractivity contribution in [2.45, 2.75) is 6.54 Å². The molecule has 2 aromatic carbocycles.